The molecular formula is C24H25NO6. The van der Waals surface area contributed by atoms with E-state index in [1.807, 2.05) is 13.8 Å². The molecule has 0 aromatic heterocycles. The van der Waals surface area contributed by atoms with E-state index in [0.717, 1.165) is 30.6 Å². The topological polar surface area (TPSA) is 90.0 Å². The summed E-state index contributed by atoms with van der Waals surface area (Å²) in [7, 11) is 0. The lowest BCUT2D eigenvalue weighted by atomic mass is 10.1. The van der Waals surface area contributed by atoms with E-state index in [4.69, 9.17) is 9.47 Å². The van der Waals surface area contributed by atoms with Gasteiger partial charge in [-0.25, -0.2) is 14.5 Å². The Balaban J connectivity index is 1.76. The van der Waals surface area contributed by atoms with Crippen LogP contribution >= 0.6 is 0 Å². The molecule has 7 nitrogen and oxygen atoms in total. The zero-order valence-electron chi connectivity index (χ0n) is 17.7. The van der Waals surface area contributed by atoms with Gasteiger partial charge >= 0.3 is 11.9 Å². The highest BCUT2D eigenvalue weighted by molar-refractivity contribution is 6.34. The largest absolute Gasteiger partial charge is 0.462 e. The highest BCUT2D eigenvalue weighted by Crippen LogP contribution is 2.29. The van der Waals surface area contributed by atoms with E-state index in [1.165, 1.54) is 42.5 Å². The molecule has 0 spiro atoms. The first-order chi connectivity index (χ1) is 15.0. The number of rotatable bonds is 9. The van der Waals surface area contributed by atoms with Crippen molar-refractivity contribution in [2.24, 2.45) is 0 Å². The number of unbranched alkanes of at least 4 members (excludes halogenated alkanes) is 2. The van der Waals surface area contributed by atoms with Crippen LogP contribution in [0.15, 0.2) is 42.5 Å². The van der Waals surface area contributed by atoms with Crippen molar-refractivity contribution in [2.75, 3.05) is 18.1 Å². The number of anilines is 1. The van der Waals surface area contributed by atoms with Gasteiger partial charge in [0.25, 0.3) is 11.8 Å². The molecule has 2 amide bonds. The molecule has 0 N–H and O–H groups in total. The average molecular weight is 423 g/mol. The van der Waals surface area contributed by atoms with E-state index in [9.17, 15) is 19.2 Å². The number of fused-ring (bicyclic) bond motifs is 1. The lowest BCUT2D eigenvalue weighted by molar-refractivity contribution is 0.0490. The van der Waals surface area contributed by atoms with Crippen LogP contribution in [-0.4, -0.2) is 37.0 Å². The minimum Gasteiger partial charge on any atom is -0.462 e. The highest BCUT2D eigenvalue weighted by atomic mass is 16.5. The fraction of sp³-hybridized carbons (Fsp3) is 0.333. The zero-order valence-corrected chi connectivity index (χ0v) is 17.7. The Morgan fingerprint density at radius 2 is 1.26 bits per heavy atom. The number of ether oxygens (including phenoxy) is 2. The molecule has 1 aliphatic heterocycles. The minimum absolute atomic E-state index is 0.151. The molecule has 1 heterocycles. The summed E-state index contributed by atoms with van der Waals surface area (Å²) in [4.78, 5) is 50.9. The maximum Gasteiger partial charge on any atom is 0.338 e. The lowest BCUT2D eigenvalue weighted by Gasteiger charge is -2.14. The molecule has 1 aliphatic rings. The first kappa shape index (κ1) is 22.2. The van der Waals surface area contributed by atoms with Gasteiger partial charge in [-0.3, -0.25) is 9.59 Å². The number of imide groups is 1. The van der Waals surface area contributed by atoms with Crippen LogP contribution in [0.25, 0.3) is 0 Å². The fourth-order valence-corrected chi connectivity index (χ4v) is 3.13. The first-order valence-corrected chi connectivity index (χ1v) is 10.4. The summed E-state index contributed by atoms with van der Waals surface area (Å²) >= 11 is 0. The summed E-state index contributed by atoms with van der Waals surface area (Å²) in [5.74, 6) is -1.99. The third-order valence-electron chi connectivity index (χ3n) is 4.95. The Labute approximate surface area is 180 Å². The van der Waals surface area contributed by atoms with Crippen molar-refractivity contribution in [1.29, 1.82) is 0 Å². The number of benzene rings is 2. The van der Waals surface area contributed by atoms with Gasteiger partial charge in [0.05, 0.1) is 41.2 Å². The molecule has 0 radical (unpaired) electrons. The maximum atomic E-state index is 12.9. The second-order valence-corrected chi connectivity index (χ2v) is 7.23. The molecule has 0 unspecified atom stereocenters. The summed E-state index contributed by atoms with van der Waals surface area (Å²) in [5.41, 5.74) is 1.27. The Kier molecular flexibility index (Phi) is 7.18. The van der Waals surface area contributed by atoms with Crippen LogP contribution in [-0.2, 0) is 9.47 Å². The van der Waals surface area contributed by atoms with Gasteiger partial charge in [-0.1, -0.05) is 26.7 Å². The molecule has 0 bridgehead atoms. The molecule has 3 rings (SSSR count). The molecule has 7 heteroatoms. The number of hydrogen-bond acceptors (Lipinski definition) is 6. The number of carbonyl (C=O) groups is 4. The highest BCUT2D eigenvalue weighted by Gasteiger charge is 2.37. The van der Waals surface area contributed by atoms with Crippen molar-refractivity contribution in [3.05, 3.63) is 64.7 Å². The van der Waals surface area contributed by atoms with Gasteiger partial charge in [0, 0.05) is 0 Å². The van der Waals surface area contributed by atoms with Crippen LogP contribution in [0, 0.1) is 0 Å². The molecule has 0 atom stereocenters. The monoisotopic (exact) mass is 423 g/mol. The number of hydrogen-bond donors (Lipinski definition) is 0. The second-order valence-electron chi connectivity index (χ2n) is 7.23. The standard InChI is InChI=1S/C24H25NO6/c1-3-5-13-30-23(28)16-7-10-18(11-8-16)25-21(26)19-12-9-17(15-20(19)22(25)27)24(29)31-14-6-4-2/h7-12,15H,3-6,13-14H2,1-2H3. The van der Waals surface area contributed by atoms with Gasteiger partial charge in [0.15, 0.2) is 0 Å². The van der Waals surface area contributed by atoms with E-state index in [0.29, 0.717) is 24.5 Å². The van der Waals surface area contributed by atoms with Crippen LogP contribution in [0.4, 0.5) is 5.69 Å². The van der Waals surface area contributed by atoms with Crippen LogP contribution in [0.2, 0.25) is 0 Å². The number of amides is 2. The van der Waals surface area contributed by atoms with Gasteiger partial charge in [0.2, 0.25) is 0 Å². The normalized spacial score (nSPS) is 12.6. The average Bonchev–Trinajstić information content (AvgIpc) is 3.03. The summed E-state index contributed by atoms with van der Waals surface area (Å²) in [6.07, 6.45) is 3.36. The quantitative estimate of drug-likeness (QED) is 0.337. The Morgan fingerprint density at radius 1 is 0.742 bits per heavy atom. The van der Waals surface area contributed by atoms with E-state index >= 15 is 0 Å². The van der Waals surface area contributed by atoms with Crippen LogP contribution in [0.3, 0.4) is 0 Å². The number of carbonyl (C=O) groups excluding carboxylic acids is 4. The van der Waals surface area contributed by atoms with Gasteiger partial charge in [0.1, 0.15) is 0 Å². The summed E-state index contributed by atoms with van der Waals surface area (Å²) < 4.78 is 10.3. The smallest absolute Gasteiger partial charge is 0.338 e. The van der Waals surface area contributed by atoms with Gasteiger partial charge in [-0.2, -0.15) is 0 Å². The second kappa shape index (κ2) is 10.0. The summed E-state index contributed by atoms with van der Waals surface area (Å²) in [5, 5.41) is 0. The van der Waals surface area contributed by atoms with E-state index in [1.54, 1.807) is 0 Å². The van der Waals surface area contributed by atoms with Crippen molar-refractivity contribution in [2.45, 2.75) is 39.5 Å². The third-order valence-corrected chi connectivity index (χ3v) is 4.95. The first-order valence-electron chi connectivity index (χ1n) is 10.4. The zero-order chi connectivity index (χ0) is 22.4. The predicted molar refractivity (Wildman–Crippen MR) is 114 cm³/mol. The van der Waals surface area contributed by atoms with Crippen molar-refractivity contribution in [1.82, 2.24) is 0 Å². The molecule has 0 saturated carbocycles. The molecular weight excluding hydrogens is 398 g/mol. The van der Waals surface area contributed by atoms with Crippen LogP contribution < -0.4 is 4.90 Å². The number of esters is 2. The Bertz CT molecular complexity index is 996. The number of nitrogens with zero attached hydrogens (tertiary/aromatic N) is 1. The van der Waals surface area contributed by atoms with Crippen LogP contribution in [0.5, 0.6) is 0 Å². The predicted octanol–water partition coefficient (Wildman–Crippen LogP) is 4.40. The maximum absolute atomic E-state index is 12.9. The van der Waals surface area contributed by atoms with Crippen molar-refractivity contribution in [3.63, 3.8) is 0 Å². The summed E-state index contributed by atoms with van der Waals surface area (Å²) in [6, 6.07) is 10.4. The van der Waals surface area contributed by atoms with Crippen LogP contribution in [0.1, 0.15) is 81.0 Å². The summed E-state index contributed by atoms with van der Waals surface area (Å²) in [6.45, 7) is 4.64. The third kappa shape index (κ3) is 4.82. The molecule has 162 valence electrons. The Morgan fingerprint density at radius 3 is 1.84 bits per heavy atom. The lowest BCUT2D eigenvalue weighted by Crippen LogP contribution is -2.29. The van der Waals surface area contributed by atoms with E-state index < -0.39 is 23.8 Å². The molecule has 31 heavy (non-hydrogen) atoms. The molecule has 0 fully saturated rings. The van der Waals surface area contributed by atoms with Crippen molar-refractivity contribution in [3.8, 4) is 0 Å². The van der Waals surface area contributed by atoms with Gasteiger partial charge in [-0.05, 0) is 55.3 Å². The molecule has 0 aliphatic carbocycles. The fourth-order valence-electron chi connectivity index (χ4n) is 3.13. The van der Waals surface area contributed by atoms with Gasteiger partial charge < -0.3 is 9.47 Å². The Hall–Kier alpha value is -3.48. The van der Waals surface area contributed by atoms with Gasteiger partial charge in [-0.15, -0.1) is 0 Å². The SMILES string of the molecule is CCCCOC(=O)c1ccc(N2C(=O)c3ccc(C(=O)OCCCC)cc3C2=O)cc1. The minimum atomic E-state index is -0.527. The van der Waals surface area contributed by atoms with E-state index in [2.05, 4.69) is 0 Å². The van der Waals surface area contributed by atoms with Crippen molar-refractivity contribution < 1.29 is 28.7 Å². The van der Waals surface area contributed by atoms with Crippen molar-refractivity contribution >= 4 is 29.4 Å². The molecule has 2 aromatic carbocycles. The molecule has 2 aromatic rings. The van der Waals surface area contributed by atoms with E-state index in [-0.39, 0.29) is 16.7 Å². The molecule has 0 saturated heterocycles.